The third-order valence-corrected chi connectivity index (χ3v) is 4.26. The van der Waals surface area contributed by atoms with Crippen molar-refractivity contribution in [2.45, 2.75) is 52.0 Å². The van der Waals surface area contributed by atoms with Crippen LogP contribution in [0.5, 0.6) is 0 Å². The number of allylic oxidation sites excluding steroid dienone is 1. The second-order valence-electron chi connectivity index (χ2n) is 4.66. The van der Waals surface area contributed by atoms with Crippen LogP contribution in [0.1, 0.15) is 41.3 Å². The quantitative estimate of drug-likeness (QED) is 0.801. The van der Waals surface area contributed by atoms with E-state index in [4.69, 9.17) is 5.73 Å². The van der Waals surface area contributed by atoms with Crippen molar-refractivity contribution in [1.29, 1.82) is 0 Å². The van der Waals surface area contributed by atoms with E-state index in [1.54, 1.807) is 0 Å². The fourth-order valence-electron chi connectivity index (χ4n) is 2.16. The molecule has 0 spiro atoms. The summed E-state index contributed by atoms with van der Waals surface area (Å²) in [6, 6.07) is 0.264. The van der Waals surface area contributed by atoms with E-state index in [0.29, 0.717) is 0 Å². The maximum absolute atomic E-state index is 6.02. The third-order valence-electron chi connectivity index (χ3n) is 3.19. The monoisotopic (exact) mass is 236 g/mol. The molecule has 2 N–H and O–H groups in total. The second-order valence-corrected chi connectivity index (χ2v) is 5.95. The van der Waals surface area contributed by atoms with E-state index >= 15 is 0 Å². The van der Waals surface area contributed by atoms with E-state index in [1.807, 2.05) is 11.3 Å². The van der Waals surface area contributed by atoms with E-state index in [1.165, 1.54) is 40.4 Å². The Morgan fingerprint density at radius 1 is 1.44 bits per heavy atom. The molecule has 16 heavy (non-hydrogen) atoms. The van der Waals surface area contributed by atoms with Crippen molar-refractivity contribution >= 4 is 11.3 Å². The van der Waals surface area contributed by atoms with Crippen LogP contribution < -0.4 is 5.73 Å². The van der Waals surface area contributed by atoms with E-state index in [2.05, 4.69) is 24.9 Å². The summed E-state index contributed by atoms with van der Waals surface area (Å²) in [6.45, 7) is 4.23. The summed E-state index contributed by atoms with van der Waals surface area (Å²) in [5.74, 6) is 0. The van der Waals surface area contributed by atoms with Crippen molar-refractivity contribution in [3.63, 3.8) is 0 Å². The van der Waals surface area contributed by atoms with Crippen LogP contribution >= 0.6 is 11.3 Å². The Bertz CT molecular complexity index is 373. The Morgan fingerprint density at radius 3 is 2.94 bits per heavy atom. The minimum absolute atomic E-state index is 0.264. The second kappa shape index (κ2) is 5.11. The number of aromatic nitrogens is 1. The smallest absolute Gasteiger partial charge is 0.0971 e. The lowest BCUT2D eigenvalue weighted by atomic mass is 10.1. The fourth-order valence-corrected chi connectivity index (χ4v) is 3.14. The molecule has 1 aliphatic rings. The summed E-state index contributed by atoms with van der Waals surface area (Å²) < 4.78 is 0. The largest absolute Gasteiger partial charge is 0.324 e. The molecule has 0 saturated heterocycles. The van der Waals surface area contributed by atoms with Crippen LogP contribution in [0.15, 0.2) is 11.6 Å². The third kappa shape index (κ3) is 2.92. The highest BCUT2D eigenvalue weighted by atomic mass is 32.1. The first-order chi connectivity index (χ1) is 7.65. The molecule has 2 nitrogen and oxygen atoms in total. The topological polar surface area (TPSA) is 38.9 Å². The molecule has 0 fully saturated rings. The van der Waals surface area contributed by atoms with Gasteiger partial charge in [0, 0.05) is 17.3 Å². The van der Waals surface area contributed by atoms with Crippen molar-refractivity contribution in [2.75, 3.05) is 0 Å². The summed E-state index contributed by atoms with van der Waals surface area (Å²) in [5.41, 5.74) is 8.68. The molecule has 3 heteroatoms. The van der Waals surface area contributed by atoms with E-state index in [-0.39, 0.29) is 6.04 Å². The molecule has 2 rings (SSSR count). The van der Waals surface area contributed by atoms with Gasteiger partial charge in [0.2, 0.25) is 0 Å². The van der Waals surface area contributed by atoms with Crippen molar-refractivity contribution in [1.82, 2.24) is 4.98 Å². The maximum Gasteiger partial charge on any atom is 0.0971 e. The molecule has 1 aromatic rings. The van der Waals surface area contributed by atoms with Gasteiger partial charge in [-0.15, -0.1) is 11.3 Å². The molecule has 0 amide bonds. The molecule has 1 aliphatic carbocycles. The van der Waals surface area contributed by atoms with Gasteiger partial charge >= 0.3 is 0 Å². The average molecular weight is 236 g/mol. The zero-order valence-corrected chi connectivity index (χ0v) is 10.9. The van der Waals surface area contributed by atoms with Gasteiger partial charge in [0.25, 0.3) is 0 Å². The predicted molar refractivity (Wildman–Crippen MR) is 69.8 cm³/mol. The van der Waals surface area contributed by atoms with Crippen LogP contribution in [-0.2, 0) is 6.42 Å². The molecular formula is C13H20N2S. The SMILES string of the molecule is Cc1nc(CC2=CC(N)CCCC2)sc1C. The molecular weight excluding hydrogens is 216 g/mol. The van der Waals surface area contributed by atoms with Gasteiger partial charge in [-0.1, -0.05) is 18.1 Å². The van der Waals surface area contributed by atoms with Crippen LogP contribution in [0.3, 0.4) is 0 Å². The predicted octanol–water partition coefficient (Wildman–Crippen LogP) is 3.13. The van der Waals surface area contributed by atoms with Gasteiger partial charge < -0.3 is 5.73 Å². The number of aryl methyl sites for hydroxylation is 2. The molecule has 1 unspecified atom stereocenters. The minimum Gasteiger partial charge on any atom is -0.324 e. The standard InChI is InChI=1S/C13H20N2S/c1-9-10(2)16-13(15-9)8-11-5-3-4-6-12(14)7-11/h7,12H,3-6,8,14H2,1-2H3. The Labute approximate surface area is 102 Å². The van der Waals surface area contributed by atoms with Crippen molar-refractivity contribution in [3.8, 4) is 0 Å². The Kier molecular flexibility index (Phi) is 3.77. The van der Waals surface area contributed by atoms with E-state index < -0.39 is 0 Å². The molecule has 0 saturated carbocycles. The van der Waals surface area contributed by atoms with Crippen LogP contribution in [0, 0.1) is 13.8 Å². The highest BCUT2D eigenvalue weighted by Gasteiger charge is 2.11. The van der Waals surface area contributed by atoms with Crippen LogP contribution in [-0.4, -0.2) is 11.0 Å². The first kappa shape index (κ1) is 11.8. The van der Waals surface area contributed by atoms with Gasteiger partial charge in [-0.3, -0.25) is 0 Å². The Morgan fingerprint density at radius 2 is 2.25 bits per heavy atom. The molecule has 0 aliphatic heterocycles. The Balaban J connectivity index is 2.08. The van der Waals surface area contributed by atoms with Crippen LogP contribution in [0.2, 0.25) is 0 Å². The van der Waals surface area contributed by atoms with Gasteiger partial charge in [0.15, 0.2) is 0 Å². The zero-order chi connectivity index (χ0) is 11.5. The molecule has 88 valence electrons. The molecule has 1 aromatic heterocycles. The Hall–Kier alpha value is -0.670. The normalized spacial score (nSPS) is 21.7. The van der Waals surface area contributed by atoms with Crippen molar-refractivity contribution < 1.29 is 0 Å². The molecule has 1 atom stereocenters. The van der Waals surface area contributed by atoms with Crippen molar-refractivity contribution in [2.24, 2.45) is 5.73 Å². The fraction of sp³-hybridized carbons (Fsp3) is 0.615. The lowest BCUT2D eigenvalue weighted by Crippen LogP contribution is -2.16. The highest BCUT2D eigenvalue weighted by Crippen LogP contribution is 2.24. The molecule has 0 bridgehead atoms. The first-order valence-corrected chi connectivity index (χ1v) is 6.85. The van der Waals surface area contributed by atoms with Gasteiger partial charge in [0.1, 0.15) is 0 Å². The summed E-state index contributed by atoms with van der Waals surface area (Å²) in [7, 11) is 0. The number of hydrogen-bond acceptors (Lipinski definition) is 3. The molecule has 0 aromatic carbocycles. The number of nitrogens with zero attached hydrogens (tertiary/aromatic N) is 1. The number of rotatable bonds is 2. The van der Waals surface area contributed by atoms with Crippen LogP contribution in [0.25, 0.3) is 0 Å². The number of nitrogens with two attached hydrogens (primary N) is 1. The molecule has 0 radical (unpaired) electrons. The van der Waals surface area contributed by atoms with Gasteiger partial charge in [-0.2, -0.15) is 0 Å². The van der Waals surface area contributed by atoms with E-state index in [9.17, 15) is 0 Å². The highest BCUT2D eigenvalue weighted by molar-refractivity contribution is 7.11. The van der Waals surface area contributed by atoms with Crippen molar-refractivity contribution in [3.05, 3.63) is 27.2 Å². The average Bonchev–Trinajstić information content (AvgIpc) is 2.43. The molecule has 1 heterocycles. The number of hydrogen-bond donors (Lipinski definition) is 1. The number of thiazole rings is 1. The lowest BCUT2D eigenvalue weighted by molar-refractivity contribution is 0.654. The van der Waals surface area contributed by atoms with E-state index in [0.717, 1.165) is 12.8 Å². The lowest BCUT2D eigenvalue weighted by Gasteiger charge is -2.04. The maximum atomic E-state index is 6.02. The van der Waals surface area contributed by atoms with Gasteiger partial charge in [-0.05, 0) is 33.1 Å². The summed E-state index contributed by atoms with van der Waals surface area (Å²) in [6.07, 6.45) is 8.15. The summed E-state index contributed by atoms with van der Waals surface area (Å²) >= 11 is 1.82. The first-order valence-electron chi connectivity index (χ1n) is 6.03. The van der Waals surface area contributed by atoms with Crippen LogP contribution in [0.4, 0.5) is 0 Å². The minimum atomic E-state index is 0.264. The van der Waals surface area contributed by atoms with Gasteiger partial charge in [-0.25, -0.2) is 4.98 Å². The van der Waals surface area contributed by atoms with Gasteiger partial charge in [0.05, 0.1) is 10.7 Å². The summed E-state index contributed by atoms with van der Waals surface area (Å²) in [4.78, 5) is 5.94. The summed E-state index contributed by atoms with van der Waals surface area (Å²) in [5, 5.41) is 1.25. The zero-order valence-electron chi connectivity index (χ0n) is 10.1.